The maximum Gasteiger partial charge on any atom is 0.335 e. The summed E-state index contributed by atoms with van der Waals surface area (Å²) in [7, 11) is 0. The predicted octanol–water partition coefficient (Wildman–Crippen LogP) is 3.49. The lowest BCUT2D eigenvalue weighted by Gasteiger charge is -2.26. The summed E-state index contributed by atoms with van der Waals surface area (Å²) in [5, 5.41) is 2.17. The number of halogens is 1. The van der Waals surface area contributed by atoms with Crippen LogP contribution in [0, 0.1) is 19.7 Å². The molecular formula is C20H20FN3O3. The third kappa shape index (κ3) is 3.28. The molecule has 0 aliphatic carbocycles. The molecule has 1 aliphatic heterocycles. The van der Waals surface area contributed by atoms with Crippen molar-refractivity contribution in [1.82, 2.24) is 9.88 Å². The standard InChI is InChI=1S/C20H20FN3O3/c1-11(2)23-12(3)9-14(13(23)4)10-17-18(25)22-20(27)24(19(17)26)16-7-5-15(21)6-8-16/h5-11H,1-4H3,(H,22,25,27)/b17-10+. The number of imide groups is 2. The van der Waals surface area contributed by atoms with E-state index in [1.165, 1.54) is 18.2 Å². The molecule has 1 aromatic carbocycles. The Balaban J connectivity index is 2.05. The fraction of sp³-hybridized carbons (Fsp3) is 0.250. The number of anilines is 1. The molecule has 6 nitrogen and oxygen atoms in total. The highest BCUT2D eigenvalue weighted by Crippen LogP contribution is 2.25. The third-order valence-corrected chi connectivity index (χ3v) is 4.53. The summed E-state index contributed by atoms with van der Waals surface area (Å²) in [5.74, 6) is -1.99. The molecule has 3 rings (SSSR count). The van der Waals surface area contributed by atoms with Gasteiger partial charge in [0.1, 0.15) is 11.4 Å². The average molecular weight is 369 g/mol. The molecule has 0 atom stereocenters. The molecule has 1 aromatic heterocycles. The van der Waals surface area contributed by atoms with Crippen LogP contribution in [0.4, 0.5) is 14.9 Å². The number of carbonyl (C=O) groups is 3. The van der Waals surface area contributed by atoms with Gasteiger partial charge in [0.05, 0.1) is 5.69 Å². The number of rotatable bonds is 3. The van der Waals surface area contributed by atoms with E-state index in [4.69, 9.17) is 0 Å². The molecule has 7 heteroatoms. The SMILES string of the molecule is Cc1cc(/C=C2\C(=O)NC(=O)N(c3ccc(F)cc3)C2=O)c(C)n1C(C)C. The minimum atomic E-state index is -0.860. The van der Waals surface area contributed by atoms with Gasteiger partial charge in [0, 0.05) is 17.4 Å². The number of benzene rings is 1. The van der Waals surface area contributed by atoms with Gasteiger partial charge < -0.3 is 4.57 Å². The molecule has 27 heavy (non-hydrogen) atoms. The Kier molecular flexibility index (Phi) is 4.70. The second-order valence-electron chi connectivity index (χ2n) is 6.72. The Morgan fingerprint density at radius 2 is 1.70 bits per heavy atom. The van der Waals surface area contributed by atoms with Crippen LogP contribution in [0.3, 0.4) is 0 Å². The van der Waals surface area contributed by atoms with Crippen molar-refractivity contribution in [2.45, 2.75) is 33.7 Å². The summed E-state index contributed by atoms with van der Waals surface area (Å²) >= 11 is 0. The largest absolute Gasteiger partial charge is 0.346 e. The number of nitrogens with one attached hydrogen (secondary N) is 1. The van der Waals surface area contributed by atoms with Gasteiger partial charge >= 0.3 is 6.03 Å². The number of aryl methyl sites for hydroxylation is 1. The van der Waals surface area contributed by atoms with E-state index >= 15 is 0 Å². The van der Waals surface area contributed by atoms with E-state index in [-0.39, 0.29) is 17.3 Å². The molecule has 0 bridgehead atoms. The van der Waals surface area contributed by atoms with Gasteiger partial charge in [-0.3, -0.25) is 14.9 Å². The lowest BCUT2D eigenvalue weighted by molar-refractivity contribution is -0.122. The van der Waals surface area contributed by atoms with Crippen molar-refractivity contribution in [3.8, 4) is 0 Å². The molecule has 1 N–H and O–H groups in total. The number of nitrogens with zero attached hydrogens (tertiary/aromatic N) is 2. The van der Waals surface area contributed by atoms with Gasteiger partial charge in [-0.1, -0.05) is 0 Å². The second-order valence-corrected chi connectivity index (χ2v) is 6.72. The maximum atomic E-state index is 13.2. The van der Waals surface area contributed by atoms with E-state index in [2.05, 4.69) is 9.88 Å². The van der Waals surface area contributed by atoms with Crippen LogP contribution in [0.2, 0.25) is 0 Å². The van der Waals surface area contributed by atoms with Crippen LogP contribution < -0.4 is 10.2 Å². The molecule has 1 fully saturated rings. The summed E-state index contributed by atoms with van der Waals surface area (Å²) in [6, 6.07) is 6.17. The van der Waals surface area contributed by atoms with Gasteiger partial charge in [-0.15, -0.1) is 0 Å². The number of hydrogen-bond donors (Lipinski definition) is 1. The van der Waals surface area contributed by atoms with Crippen LogP contribution in [0.15, 0.2) is 35.9 Å². The van der Waals surface area contributed by atoms with Crippen LogP contribution in [-0.4, -0.2) is 22.4 Å². The molecule has 2 heterocycles. The average Bonchev–Trinajstić information content (AvgIpc) is 2.86. The van der Waals surface area contributed by atoms with E-state index in [0.29, 0.717) is 0 Å². The normalized spacial score (nSPS) is 16.4. The summed E-state index contributed by atoms with van der Waals surface area (Å²) in [5.41, 5.74) is 2.69. The van der Waals surface area contributed by atoms with Crippen molar-refractivity contribution in [2.24, 2.45) is 0 Å². The van der Waals surface area contributed by atoms with E-state index in [0.717, 1.165) is 34.0 Å². The zero-order chi connectivity index (χ0) is 19.9. The van der Waals surface area contributed by atoms with Gasteiger partial charge in [0.25, 0.3) is 11.8 Å². The fourth-order valence-electron chi connectivity index (χ4n) is 3.38. The van der Waals surface area contributed by atoms with Crippen LogP contribution >= 0.6 is 0 Å². The van der Waals surface area contributed by atoms with Crippen LogP contribution in [0.1, 0.15) is 36.8 Å². The molecular weight excluding hydrogens is 349 g/mol. The Morgan fingerprint density at radius 3 is 2.26 bits per heavy atom. The van der Waals surface area contributed by atoms with Crippen molar-refractivity contribution < 1.29 is 18.8 Å². The summed E-state index contributed by atoms with van der Waals surface area (Å²) in [6.45, 7) is 7.95. The smallest absolute Gasteiger partial charge is 0.335 e. The number of amides is 4. The van der Waals surface area contributed by atoms with E-state index in [9.17, 15) is 18.8 Å². The van der Waals surface area contributed by atoms with Crippen LogP contribution in [0.25, 0.3) is 6.08 Å². The number of hydrogen-bond acceptors (Lipinski definition) is 3. The number of carbonyl (C=O) groups excluding carboxylic acids is 3. The lowest BCUT2D eigenvalue weighted by Crippen LogP contribution is -2.54. The molecule has 0 spiro atoms. The summed E-state index contributed by atoms with van der Waals surface area (Å²) in [4.78, 5) is 38.1. The van der Waals surface area contributed by atoms with E-state index in [1.807, 2.05) is 33.8 Å². The Hall–Kier alpha value is -3.22. The molecule has 140 valence electrons. The van der Waals surface area contributed by atoms with E-state index in [1.54, 1.807) is 0 Å². The van der Waals surface area contributed by atoms with Gasteiger partial charge in [-0.2, -0.15) is 0 Å². The number of urea groups is 1. The van der Waals surface area contributed by atoms with Gasteiger partial charge in [-0.25, -0.2) is 14.1 Å². The van der Waals surface area contributed by atoms with E-state index < -0.39 is 23.7 Å². The number of aromatic nitrogens is 1. The first kappa shape index (κ1) is 18.6. The third-order valence-electron chi connectivity index (χ3n) is 4.53. The zero-order valence-corrected chi connectivity index (χ0v) is 15.5. The van der Waals surface area contributed by atoms with Crippen molar-refractivity contribution >= 4 is 29.6 Å². The van der Waals surface area contributed by atoms with Crippen molar-refractivity contribution in [1.29, 1.82) is 0 Å². The van der Waals surface area contributed by atoms with Gasteiger partial charge in [0.15, 0.2) is 0 Å². The molecule has 1 aliphatic rings. The lowest BCUT2D eigenvalue weighted by atomic mass is 10.1. The molecule has 0 radical (unpaired) electrons. The fourth-order valence-corrected chi connectivity index (χ4v) is 3.38. The molecule has 2 aromatic rings. The summed E-state index contributed by atoms with van der Waals surface area (Å²) < 4.78 is 15.3. The van der Waals surface area contributed by atoms with Crippen LogP contribution in [-0.2, 0) is 9.59 Å². The minimum absolute atomic E-state index is 0.150. The first-order valence-corrected chi connectivity index (χ1v) is 8.56. The number of barbiturate groups is 1. The van der Waals surface area contributed by atoms with Crippen LogP contribution in [0.5, 0.6) is 0 Å². The first-order valence-electron chi connectivity index (χ1n) is 8.56. The predicted molar refractivity (Wildman–Crippen MR) is 99.7 cm³/mol. The topological polar surface area (TPSA) is 71.4 Å². The Labute approximate surface area is 156 Å². The molecule has 1 saturated heterocycles. The first-order chi connectivity index (χ1) is 12.7. The maximum absolute atomic E-state index is 13.2. The highest BCUT2D eigenvalue weighted by atomic mass is 19.1. The Bertz CT molecular complexity index is 971. The van der Waals surface area contributed by atoms with Crippen molar-refractivity contribution in [3.63, 3.8) is 0 Å². The second kappa shape index (κ2) is 6.83. The Morgan fingerprint density at radius 1 is 1.07 bits per heavy atom. The highest BCUT2D eigenvalue weighted by Gasteiger charge is 2.37. The molecule has 4 amide bonds. The zero-order valence-electron chi connectivity index (χ0n) is 15.5. The molecule has 0 saturated carbocycles. The van der Waals surface area contributed by atoms with Crippen molar-refractivity contribution in [3.05, 3.63) is 58.7 Å². The highest BCUT2D eigenvalue weighted by molar-refractivity contribution is 6.39. The minimum Gasteiger partial charge on any atom is -0.346 e. The van der Waals surface area contributed by atoms with Crippen molar-refractivity contribution in [2.75, 3.05) is 4.90 Å². The quantitative estimate of drug-likeness (QED) is 0.665. The molecule has 0 unspecified atom stereocenters. The monoisotopic (exact) mass is 369 g/mol. The summed E-state index contributed by atoms with van der Waals surface area (Å²) in [6.07, 6.45) is 1.49. The van der Waals surface area contributed by atoms with Gasteiger partial charge in [0.2, 0.25) is 0 Å². The van der Waals surface area contributed by atoms with Gasteiger partial charge in [-0.05, 0) is 69.7 Å².